The highest BCUT2D eigenvalue weighted by atomic mass is 19.4. The number of halogens is 3. The van der Waals surface area contributed by atoms with E-state index >= 15 is 0 Å². The zero-order chi connectivity index (χ0) is 12.3. The number of hydrogen-bond acceptors (Lipinski definition) is 2. The molecule has 0 radical (unpaired) electrons. The van der Waals surface area contributed by atoms with E-state index in [0.29, 0.717) is 5.70 Å². The van der Waals surface area contributed by atoms with E-state index in [1.165, 1.54) is 6.92 Å². The minimum absolute atomic E-state index is 0.0144. The molecule has 92 valence electrons. The SMILES string of the molecule is C/C(NC1CCCC1)=C(\C)C(=N)C(F)(F)F. The van der Waals surface area contributed by atoms with Gasteiger partial charge >= 0.3 is 6.18 Å². The van der Waals surface area contributed by atoms with Crippen molar-refractivity contribution in [2.45, 2.75) is 51.7 Å². The van der Waals surface area contributed by atoms with Crippen LogP contribution in [0.2, 0.25) is 0 Å². The first-order valence-electron chi connectivity index (χ1n) is 5.42. The van der Waals surface area contributed by atoms with Crippen molar-refractivity contribution < 1.29 is 13.2 Å². The predicted octanol–water partition coefficient (Wildman–Crippen LogP) is 3.39. The van der Waals surface area contributed by atoms with Gasteiger partial charge in [-0.15, -0.1) is 0 Å². The van der Waals surface area contributed by atoms with Gasteiger partial charge in [0.25, 0.3) is 0 Å². The maximum atomic E-state index is 12.3. The fourth-order valence-corrected chi connectivity index (χ4v) is 1.88. The molecule has 1 aliphatic carbocycles. The number of rotatable bonds is 3. The molecular formula is C11H17F3N2. The fraction of sp³-hybridized carbons (Fsp3) is 0.727. The molecule has 1 saturated carbocycles. The summed E-state index contributed by atoms with van der Waals surface area (Å²) in [7, 11) is 0. The molecule has 0 aliphatic heterocycles. The zero-order valence-corrected chi connectivity index (χ0v) is 9.54. The predicted molar refractivity (Wildman–Crippen MR) is 57.5 cm³/mol. The Morgan fingerprint density at radius 1 is 1.19 bits per heavy atom. The van der Waals surface area contributed by atoms with Gasteiger partial charge < -0.3 is 5.32 Å². The third-order valence-electron chi connectivity index (χ3n) is 3.00. The van der Waals surface area contributed by atoms with E-state index in [9.17, 15) is 13.2 Å². The van der Waals surface area contributed by atoms with Crippen molar-refractivity contribution in [3.63, 3.8) is 0 Å². The van der Waals surface area contributed by atoms with E-state index in [4.69, 9.17) is 5.41 Å². The molecule has 2 N–H and O–H groups in total. The van der Waals surface area contributed by atoms with Crippen molar-refractivity contribution >= 4 is 5.71 Å². The summed E-state index contributed by atoms with van der Waals surface area (Å²) in [5, 5.41) is 10.1. The molecule has 2 nitrogen and oxygen atoms in total. The third-order valence-corrected chi connectivity index (χ3v) is 3.00. The van der Waals surface area contributed by atoms with E-state index in [0.717, 1.165) is 25.7 Å². The van der Waals surface area contributed by atoms with Crippen LogP contribution in [0.15, 0.2) is 11.3 Å². The molecule has 1 rings (SSSR count). The van der Waals surface area contributed by atoms with Gasteiger partial charge in [-0.25, -0.2) is 0 Å². The fourth-order valence-electron chi connectivity index (χ4n) is 1.88. The quantitative estimate of drug-likeness (QED) is 0.721. The first-order valence-corrected chi connectivity index (χ1v) is 5.42. The third kappa shape index (κ3) is 3.25. The lowest BCUT2D eigenvalue weighted by molar-refractivity contribution is -0.0590. The van der Waals surface area contributed by atoms with E-state index in [2.05, 4.69) is 5.32 Å². The largest absolute Gasteiger partial charge is 0.432 e. The molecular weight excluding hydrogens is 217 g/mol. The van der Waals surface area contributed by atoms with Crippen molar-refractivity contribution in [1.29, 1.82) is 5.41 Å². The van der Waals surface area contributed by atoms with Crippen LogP contribution in [-0.2, 0) is 0 Å². The molecule has 5 heteroatoms. The van der Waals surface area contributed by atoms with Crippen LogP contribution in [0.25, 0.3) is 0 Å². The second-order valence-corrected chi connectivity index (χ2v) is 4.25. The summed E-state index contributed by atoms with van der Waals surface area (Å²) in [5.41, 5.74) is -0.802. The van der Waals surface area contributed by atoms with Gasteiger partial charge in [0.05, 0.1) is 0 Å². The van der Waals surface area contributed by atoms with Gasteiger partial charge in [-0.3, -0.25) is 5.41 Å². The van der Waals surface area contributed by atoms with E-state index in [-0.39, 0.29) is 11.6 Å². The zero-order valence-electron chi connectivity index (χ0n) is 9.54. The van der Waals surface area contributed by atoms with Crippen LogP contribution in [0.1, 0.15) is 39.5 Å². The Balaban J connectivity index is 2.67. The van der Waals surface area contributed by atoms with Crippen molar-refractivity contribution in [3.8, 4) is 0 Å². The van der Waals surface area contributed by atoms with Gasteiger partial charge in [-0.2, -0.15) is 13.2 Å². The average Bonchev–Trinajstić information content (AvgIpc) is 2.66. The van der Waals surface area contributed by atoms with Crippen molar-refractivity contribution in [2.24, 2.45) is 0 Å². The number of nitrogens with one attached hydrogen (secondary N) is 2. The highest BCUT2D eigenvalue weighted by Gasteiger charge is 2.35. The van der Waals surface area contributed by atoms with Gasteiger partial charge in [0.2, 0.25) is 0 Å². The van der Waals surface area contributed by atoms with E-state index in [1.807, 2.05) is 0 Å². The summed E-state index contributed by atoms with van der Waals surface area (Å²) < 4.78 is 36.9. The highest BCUT2D eigenvalue weighted by Crippen LogP contribution is 2.23. The Kier molecular flexibility index (Phi) is 3.99. The maximum Gasteiger partial charge on any atom is 0.432 e. The molecule has 1 aliphatic rings. The first kappa shape index (κ1) is 13.1. The van der Waals surface area contributed by atoms with Crippen LogP contribution >= 0.6 is 0 Å². The summed E-state index contributed by atoms with van der Waals surface area (Å²) in [6.45, 7) is 2.95. The molecule has 1 fully saturated rings. The number of alkyl halides is 3. The summed E-state index contributed by atoms with van der Waals surface area (Å²) in [6.07, 6.45) is -0.294. The Labute approximate surface area is 93.4 Å². The minimum Gasteiger partial charge on any atom is -0.386 e. The molecule has 0 atom stereocenters. The number of allylic oxidation sites excluding steroid dienone is 2. The Bertz CT molecular complexity index is 299. The maximum absolute atomic E-state index is 12.3. The Hall–Kier alpha value is -1.00. The van der Waals surface area contributed by atoms with Gasteiger partial charge in [0.15, 0.2) is 0 Å². The Morgan fingerprint density at radius 2 is 1.69 bits per heavy atom. The molecule has 0 amide bonds. The molecule has 0 aromatic heterocycles. The smallest absolute Gasteiger partial charge is 0.386 e. The van der Waals surface area contributed by atoms with Crippen molar-refractivity contribution in [2.75, 3.05) is 0 Å². The highest BCUT2D eigenvalue weighted by molar-refractivity contribution is 6.01. The topological polar surface area (TPSA) is 35.9 Å². The Morgan fingerprint density at radius 3 is 2.12 bits per heavy atom. The van der Waals surface area contributed by atoms with Gasteiger partial charge in [0, 0.05) is 11.7 Å². The molecule has 0 spiro atoms. The van der Waals surface area contributed by atoms with Crippen LogP contribution in [0.3, 0.4) is 0 Å². The first-order chi connectivity index (χ1) is 7.32. The van der Waals surface area contributed by atoms with Crippen LogP contribution in [0.4, 0.5) is 13.2 Å². The van der Waals surface area contributed by atoms with Crippen LogP contribution in [0, 0.1) is 5.41 Å². The van der Waals surface area contributed by atoms with Gasteiger partial charge in [0.1, 0.15) is 5.71 Å². The normalized spacial score (nSPS) is 19.6. The average molecular weight is 234 g/mol. The van der Waals surface area contributed by atoms with Crippen LogP contribution in [0.5, 0.6) is 0 Å². The van der Waals surface area contributed by atoms with Crippen molar-refractivity contribution in [1.82, 2.24) is 5.32 Å². The lowest BCUT2D eigenvalue weighted by Gasteiger charge is -2.17. The molecule has 0 bridgehead atoms. The molecule has 0 heterocycles. The standard InChI is InChI=1S/C11H17F3N2/c1-7(10(15)11(12,13)14)8(2)16-9-5-3-4-6-9/h9,15-16H,3-6H2,1-2H3/b8-7-,15-10?. The number of hydrogen-bond donors (Lipinski definition) is 2. The van der Waals surface area contributed by atoms with E-state index in [1.54, 1.807) is 6.92 Å². The lowest BCUT2D eigenvalue weighted by Crippen LogP contribution is -2.29. The van der Waals surface area contributed by atoms with Gasteiger partial charge in [-0.1, -0.05) is 12.8 Å². The lowest BCUT2D eigenvalue weighted by atomic mass is 10.1. The second-order valence-electron chi connectivity index (χ2n) is 4.25. The van der Waals surface area contributed by atoms with Crippen LogP contribution < -0.4 is 5.32 Å². The minimum atomic E-state index is -4.55. The van der Waals surface area contributed by atoms with E-state index < -0.39 is 11.9 Å². The second kappa shape index (κ2) is 4.89. The summed E-state index contributed by atoms with van der Waals surface area (Å²) in [4.78, 5) is 0. The summed E-state index contributed by atoms with van der Waals surface area (Å²) in [5.74, 6) is 0. The monoisotopic (exact) mass is 234 g/mol. The molecule has 0 saturated heterocycles. The van der Waals surface area contributed by atoms with Crippen LogP contribution in [-0.4, -0.2) is 17.9 Å². The van der Waals surface area contributed by atoms with Crippen molar-refractivity contribution in [3.05, 3.63) is 11.3 Å². The summed E-state index contributed by atoms with van der Waals surface area (Å²) >= 11 is 0. The molecule has 0 aromatic rings. The van der Waals surface area contributed by atoms with Gasteiger partial charge in [-0.05, 0) is 32.3 Å². The summed E-state index contributed by atoms with van der Waals surface area (Å²) in [6, 6.07) is 0.274. The molecule has 0 aromatic carbocycles. The molecule has 0 unspecified atom stereocenters. The molecule has 16 heavy (non-hydrogen) atoms.